The normalized spacial score (nSPS) is 14.1. The highest BCUT2D eigenvalue weighted by Crippen LogP contribution is 2.50. The lowest BCUT2D eigenvalue weighted by atomic mass is 9.92. The van der Waals surface area contributed by atoms with E-state index in [1.54, 1.807) is 6.92 Å². The fraction of sp³-hybridized carbons (Fsp3) is 0.429. The minimum absolute atomic E-state index is 0.110. The van der Waals surface area contributed by atoms with Crippen LogP contribution in [0.4, 0.5) is 26.3 Å². The van der Waals surface area contributed by atoms with Crippen LogP contribution in [0.2, 0.25) is 0 Å². The Morgan fingerprint density at radius 3 is 2.16 bits per heavy atom. The molecule has 1 heterocycles. The van der Waals surface area contributed by atoms with Crippen LogP contribution < -0.4 is 0 Å². The minimum Gasteiger partial charge on any atom is -0.463 e. The minimum atomic E-state index is -5.98. The van der Waals surface area contributed by atoms with Gasteiger partial charge in [-0.1, -0.05) is 26.0 Å². The van der Waals surface area contributed by atoms with Crippen molar-refractivity contribution in [2.75, 3.05) is 6.61 Å². The Morgan fingerprint density at radius 1 is 1.12 bits per heavy atom. The average molecular weight is 464 g/mol. The summed E-state index contributed by atoms with van der Waals surface area (Å²) in [6, 6.07) is 3.17. The van der Waals surface area contributed by atoms with E-state index in [9.17, 15) is 36.2 Å². The number of benzene rings is 1. The molecule has 32 heavy (non-hydrogen) atoms. The molecule has 0 bridgehead atoms. The van der Waals surface area contributed by atoms with E-state index in [4.69, 9.17) is 4.74 Å². The Morgan fingerprint density at radius 2 is 1.69 bits per heavy atom. The van der Waals surface area contributed by atoms with Crippen molar-refractivity contribution in [1.29, 1.82) is 0 Å². The molecule has 2 rings (SSSR count). The van der Waals surface area contributed by atoms with Crippen molar-refractivity contribution in [2.45, 2.75) is 51.1 Å². The quantitative estimate of drug-likeness (QED) is 0.344. The number of alkyl halides is 6. The lowest BCUT2D eigenvalue weighted by Crippen LogP contribution is -2.53. The van der Waals surface area contributed by atoms with Crippen LogP contribution in [0, 0.1) is 0 Å². The number of nitrogens with zero attached hydrogens (tertiary/aromatic N) is 2. The molecule has 1 atom stereocenters. The van der Waals surface area contributed by atoms with Gasteiger partial charge in [-0.15, -0.1) is 0 Å². The Kier molecular flexibility index (Phi) is 7.44. The summed E-state index contributed by atoms with van der Waals surface area (Å²) < 4.78 is 85.2. The highest BCUT2D eigenvalue weighted by atomic mass is 19.4. The zero-order valence-corrected chi connectivity index (χ0v) is 17.5. The molecule has 0 amide bonds. The van der Waals surface area contributed by atoms with Gasteiger partial charge in [0.15, 0.2) is 0 Å². The molecule has 176 valence electrons. The number of imidazole rings is 1. The number of aromatic nitrogens is 2. The number of hydrogen-bond acceptors (Lipinski definition) is 4. The molecule has 0 spiro atoms. The molecule has 2 aromatic rings. The highest BCUT2D eigenvalue weighted by Gasteiger charge is 2.71. The molecular weight excluding hydrogens is 442 g/mol. The number of carbonyl (C=O) groups excluding carboxylic acids is 1. The van der Waals surface area contributed by atoms with Crippen molar-refractivity contribution < 1.29 is 41.0 Å². The van der Waals surface area contributed by atoms with Gasteiger partial charge in [-0.05, 0) is 31.6 Å². The van der Waals surface area contributed by atoms with E-state index < -0.39 is 29.5 Å². The summed E-state index contributed by atoms with van der Waals surface area (Å²) in [6.07, 6.45) is -7.36. The molecule has 0 aliphatic heterocycles. The lowest BCUT2D eigenvalue weighted by Gasteiger charge is -2.32. The first-order valence-corrected chi connectivity index (χ1v) is 9.67. The van der Waals surface area contributed by atoms with E-state index >= 15 is 0 Å². The summed E-state index contributed by atoms with van der Waals surface area (Å²) in [5.41, 5.74) is -5.81. The van der Waals surface area contributed by atoms with Gasteiger partial charge in [0.2, 0.25) is 0 Å². The maximum absolute atomic E-state index is 13.1. The fourth-order valence-electron chi connectivity index (χ4n) is 2.99. The zero-order chi connectivity index (χ0) is 24.3. The monoisotopic (exact) mass is 464 g/mol. The van der Waals surface area contributed by atoms with Crippen molar-refractivity contribution in [2.24, 2.45) is 0 Å². The topological polar surface area (TPSA) is 64.3 Å². The smallest absolute Gasteiger partial charge is 0.430 e. The second kappa shape index (κ2) is 9.35. The van der Waals surface area contributed by atoms with Gasteiger partial charge >= 0.3 is 18.3 Å². The molecule has 0 saturated carbocycles. The molecule has 0 saturated heterocycles. The van der Waals surface area contributed by atoms with Gasteiger partial charge in [0.05, 0.1) is 18.5 Å². The number of halogens is 6. The molecule has 1 N–H and O–H groups in total. The predicted molar refractivity (Wildman–Crippen MR) is 104 cm³/mol. The Labute approximate surface area is 180 Å². The molecule has 0 radical (unpaired) electrons. The van der Waals surface area contributed by atoms with Crippen LogP contribution >= 0.6 is 0 Å². The summed E-state index contributed by atoms with van der Waals surface area (Å²) in [5, 5.41) is 9.58. The van der Waals surface area contributed by atoms with Crippen LogP contribution in [0.5, 0.6) is 0 Å². The third-order valence-electron chi connectivity index (χ3n) is 4.91. The molecule has 0 fully saturated rings. The van der Waals surface area contributed by atoms with Crippen LogP contribution in [-0.2, 0) is 15.1 Å². The average Bonchev–Trinajstić information content (AvgIpc) is 3.13. The predicted octanol–water partition coefficient (Wildman–Crippen LogP) is 5.27. The standard InChI is InChI=1S/C21H22F6N2O3/c1-4-13(3)18-28-12-16(10-11-17(30)32-5-2)29(18)15-8-6-14(7-9-15)19(31,20(22,23)24)21(25,26)27/h6-13,31H,4-5H2,1-3H3/b11-10+. The molecular formula is C21H22F6N2O3. The van der Waals surface area contributed by atoms with Gasteiger partial charge in [-0.25, -0.2) is 9.78 Å². The van der Waals surface area contributed by atoms with E-state index in [-0.39, 0.29) is 18.2 Å². The van der Waals surface area contributed by atoms with Gasteiger partial charge in [0, 0.05) is 23.2 Å². The Balaban J connectivity index is 2.58. The fourth-order valence-corrected chi connectivity index (χ4v) is 2.99. The summed E-state index contributed by atoms with van der Waals surface area (Å²) in [4.78, 5) is 15.9. The number of rotatable bonds is 7. The highest BCUT2D eigenvalue weighted by molar-refractivity contribution is 5.86. The summed E-state index contributed by atoms with van der Waals surface area (Å²) >= 11 is 0. The lowest BCUT2D eigenvalue weighted by molar-refractivity contribution is -0.376. The first kappa shape index (κ1) is 25.4. The van der Waals surface area contributed by atoms with E-state index in [1.807, 2.05) is 13.8 Å². The van der Waals surface area contributed by atoms with Gasteiger partial charge in [0.1, 0.15) is 5.82 Å². The molecule has 11 heteroatoms. The van der Waals surface area contributed by atoms with Crippen molar-refractivity contribution in [3.8, 4) is 5.69 Å². The second-order valence-corrected chi connectivity index (χ2v) is 7.02. The largest absolute Gasteiger partial charge is 0.463 e. The molecule has 0 aliphatic carbocycles. The van der Waals surface area contributed by atoms with E-state index in [0.29, 0.717) is 30.1 Å². The van der Waals surface area contributed by atoms with Crippen LogP contribution in [0.15, 0.2) is 36.5 Å². The number of carbonyl (C=O) groups is 1. The summed E-state index contributed by atoms with van der Waals surface area (Å²) in [7, 11) is 0. The third kappa shape index (κ3) is 4.82. The Bertz CT molecular complexity index is 947. The van der Waals surface area contributed by atoms with E-state index in [1.165, 1.54) is 16.8 Å². The molecule has 0 aliphatic rings. The van der Waals surface area contributed by atoms with Gasteiger partial charge in [0.25, 0.3) is 5.60 Å². The van der Waals surface area contributed by atoms with Crippen LogP contribution in [0.1, 0.15) is 50.2 Å². The van der Waals surface area contributed by atoms with Gasteiger partial charge in [-0.3, -0.25) is 4.57 Å². The number of aliphatic hydroxyl groups is 1. The molecule has 1 aromatic heterocycles. The number of hydrogen-bond donors (Lipinski definition) is 1. The summed E-state index contributed by atoms with van der Waals surface area (Å²) in [5.74, 6) is -0.242. The van der Waals surface area contributed by atoms with Gasteiger partial charge in [-0.2, -0.15) is 26.3 Å². The zero-order valence-electron chi connectivity index (χ0n) is 17.5. The SMILES string of the molecule is CCOC(=O)/C=C/c1cnc(C(C)CC)n1-c1ccc(C(O)(C(F)(F)F)C(F)(F)F)cc1. The Hall–Kier alpha value is -2.82. The third-order valence-corrected chi connectivity index (χ3v) is 4.91. The van der Waals surface area contributed by atoms with Crippen molar-refractivity contribution in [3.63, 3.8) is 0 Å². The van der Waals surface area contributed by atoms with Crippen molar-refractivity contribution in [3.05, 3.63) is 53.6 Å². The maximum Gasteiger partial charge on any atom is 0.430 e. The van der Waals surface area contributed by atoms with Crippen LogP contribution in [0.3, 0.4) is 0 Å². The van der Waals surface area contributed by atoms with Crippen molar-refractivity contribution >= 4 is 12.0 Å². The number of esters is 1. The first-order valence-electron chi connectivity index (χ1n) is 9.67. The second-order valence-electron chi connectivity index (χ2n) is 7.02. The van der Waals surface area contributed by atoms with Crippen LogP contribution in [-0.4, -0.2) is 39.6 Å². The summed E-state index contributed by atoms with van der Waals surface area (Å²) in [6.45, 7) is 5.51. The first-order chi connectivity index (χ1) is 14.8. The maximum atomic E-state index is 13.1. The van der Waals surface area contributed by atoms with Crippen molar-refractivity contribution in [1.82, 2.24) is 9.55 Å². The van der Waals surface area contributed by atoms with Crippen LogP contribution in [0.25, 0.3) is 11.8 Å². The van der Waals surface area contributed by atoms with Gasteiger partial charge < -0.3 is 9.84 Å². The van der Waals surface area contributed by atoms with E-state index in [2.05, 4.69) is 4.98 Å². The molecule has 1 unspecified atom stereocenters. The van der Waals surface area contributed by atoms with E-state index in [0.717, 1.165) is 18.2 Å². The molecule has 1 aromatic carbocycles. The number of ether oxygens (including phenoxy) is 1. The molecule has 5 nitrogen and oxygen atoms in total.